The molecule has 2 heterocycles. The predicted octanol–water partition coefficient (Wildman–Crippen LogP) is 4.43. The quantitative estimate of drug-likeness (QED) is 0.228. The number of amidine groups is 1. The van der Waals surface area contributed by atoms with Gasteiger partial charge in [-0.3, -0.25) is 19.5 Å². The molecule has 9 heteroatoms. The van der Waals surface area contributed by atoms with Gasteiger partial charge in [0, 0.05) is 28.3 Å². The lowest BCUT2D eigenvalue weighted by Gasteiger charge is -2.62. The van der Waals surface area contributed by atoms with Crippen LogP contribution in [0.25, 0.3) is 0 Å². The van der Waals surface area contributed by atoms with E-state index in [9.17, 15) is 19.2 Å². The van der Waals surface area contributed by atoms with Gasteiger partial charge in [-0.2, -0.15) is 0 Å². The first-order valence-corrected chi connectivity index (χ1v) is 12.7. The van der Waals surface area contributed by atoms with E-state index in [4.69, 9.17) is 19.2 Å². The lowest BCUT2D eigenvalue weighted by atomic mass is 9.54. The van der Waals surface area contributed by atoms with Gasteiger partial charge < -0.3 is 14.2 Å². The topological polar surface area (TPSA) is 112 Å². The van der Waals surface area contributed by atoms with E-state index in [1.165, 1.54) is 4.90 Å². The van der Waals surface area contributed by atoms with Crippen LogP contribution >= 0.6 is 0 Å². The molecule has 2 aliphatic rings. The average Bonchev–Trinajstić information content (AvgIpc) is 2.69. The molecule has 0 aromatic heterocycles. The van der Waals surface area contributed by atoms with Crippen molar-refractivity contribution in [2.75, 3.05) is 7.11 Å². The second-order valence-electron chi connectivity index (χ2n) is 13.4. The molecule has 2 atom stereocenters. The van der Waals surface area contributed by atoms with Crippen LogP contribution < -0.4 is 0 Å². The van der Waals surface area contributed by atoms with Crippen molar-refractivity contribution < 1.29 is 33.4 Å². The number of rotatable bonds is 5. The van der Waals surface area contributed by atoms with Gasteiger partial charge in [0.25, 0.3) is 11.7 Å². The molecular formula is C28H44N2O7. The molecule has 0 aromatic carbocycles. The van der Waals surface area contributed by atoms with Crippen LogP contribution in [-0.4, -0.2) is 59.3 Å². The van der Waals surface area contributed by atoms with Crippen LogP contribution in [0.4, 0.5) is 0 Å². The molecule has 0 aliphatic carbocycles. The number of aliphatic imine (C=N–C) groups is 1. The molecule has 0 spiro atoms. The highest BCUT2D eigenvalue weighted by Gasteiger charge is 2.83. The van der Waals surface area contributed by atoms with Crippen molar-refractivity contribution in [3.63, 3.8) is 0 Å². The lowest BCUT2D eigenvalue weighted by Crippen LogP contribution is -2.84. The fourth-order valence-corrected chi connectivity index (χ4v) is 4.90. The molecular weight excluding hydrogens is 476 g/mol. The van der Waals surface area contributed by atoms with Crippen LogP contribution in [0.1, 0.15) is 90.0 Å². The Morgan fingerprint density at radius 1 is 0.919 bits per heavy atom. The first-order valence-electron chi connectivity index (χ1n) is 12.7. The highest BCUT2D eigenvalue weighted by molar-refractivity contribution is 6.38. The second kappa shape index (κ2) is 9.24. The van der Waals surface area contributed by atoms with Crippen LogP contribution in [0.2, 0.25) is 0 Å². The number of allylic oxidation sites excluding steroid dienone is 1. The minimum absolute atomic E-state index is 0.00805. The number of hydrogen-bond donors (Lipinski definition) is 0. The molecule has 0 aromatic rings. The Labute approximate surface area is 221 Å². The van der Waals surface area contributed by atoms with Crippen molar-refractivity contribution in [1.82, 2.24) is 4.90 Å². The highest BCUT2D eigenvalue weighted by atomic mass is 16.7. The minimum Gasteiger partial charge on any atom is -0.465 e. The lowest BCUT2D eigenvalue weighted by molar-refractivity contribution is -0.307. The summed E-state index contributed by atoms with van der Waals surface area (Å²) < 4.78 is 17.6. The summed E-state index contributed by atoms with van der Waals surface area (Å²) in [4.78, 5) is 61.5. The SMILES string of the molecule is COC(=O)C1=C(C(C)(C)C)OC(C(C)(C)C)(C2(C(=O)C(C)(C)C)C(=O)N(C(C)C)C2=NC(C)C)OC1=O. The highest BCUT2D eigenvalue weighted by Crippen LogP contribution is 2.61. The van der Waals surface area contributed by atoms with Gasteiger partial charge in [0.1, 0.15) is 11.6 Å². The number of esters is 2. The van der Waals surface area contributed by atoms with E-state index in [0.717, 1.165) is 7.11 Å². The normalized spacial score (nSPS) is 26.4. The number of ether oxygens (including phenoxy) is 3. The molecule has 0 N–H and O–H groups in total. The van der Waals surface area contributed by atoms with Gasteiger partial charge >= 0.3 is 11.9 Å². The molecule has 2 unspecified atom stereocenters. The van der Waals surface area contributed by atoms with Crippen molar-refractivity contribution in [1.29, 1.82) is 0 Å². The average molecular weight is 521 g/mol. The van der Waals surface area contributed by atoms with Crippen molar-refractivity contribution in [2.24, 2.45) is 26.7 Å². The second-order valence-corrected chi connectivity index (χ2v) is 13.4. The Hall–Kier alpha value is -2.71. The number of amides is 1. The Morgan fingerprint density at radius 2 is 1.43 bits per heavy atom. The summed E-state index contributed by atoms with van der Waals surface area (Å²) in [5, 5.41) is 0. The van der Waals surface area contributed by atoms with Gasteiger partial charge in [-0.15, -0.1) is 0 Å². The third-order valence-corrected chi connectivity index (χ3v) is 6.49. The number of carbonyl (C=O) groups is 4. The summed E-state index contributed by atoms with van der Waals surface area (Å²) >= 11 is 0. The Morgan fingerprint density at radius 3 is 1.78 bits per heavy atom. The number of ketones is 1. The van der Waals surface area contributed by atoms with E-state index in [-0.39, 0.29) is 23.7 Å². The van der Waals surface area contributed by atoms with E-state index in [0.29, 0.717) is 0 Å². The van der Waals surface area contributed by atoms with Crippen LogP contribution in [0, 0.1) is 21.7 Å². The summed E-state index contributed by atoms with van der Waals surface area (Å²) in [5.41, 5.74) is -5.53. The number of cyclic esters (lactones) is 1. The fourth-order valence-electron chi connectivity index (χ4n) is 4.90. The Bertz CT molecular complexity index is 1060. The number of likely N-dealkylation sites (tertiary alicyclic amines) is 1. The van der Waals surface area contributed by atoms with E-state index in [2.05, 4.69) is 0 Å². The van der Waals surface area contributed by atoms with E-state index < -0.39 is 56.6 Å². The maximum Gasteiger partial charge on any atom is 0.352 e. The van der Waals surface area contributed by atoms with E-state index >= 15 is 0 Å². The van der Waals surface area contributed by atoms with Gasteiger partial charge in [-0.05, 0) is 27.7 Å². The van der Waals surface area contributed by atoms with Gasteiger partial charge in [-0.25, -0.2) is 9.59 Å². The number of β-lactam (4-membered cyclic amide) rings is 1. The van der Waals surface area contributed by atoms with Crippen LogP contribution in [0.3, 0.4) is 0 Å². The summed E-state index contributed by atoms with van der Waals surface area (Å²) in [7, 11) is 1.16. The molecule has 0 saturated carbocycles. The largest absolute Gasteiger partial charge is 0.465 e. The summed E-state index contributed by atoms with van der Waals surface area (Å²) in [5.74, 6) is -4.94. The van der Waals surface area contributed by atoms with Crippen LogP contribution in [0.5, 0.6) is 0 Å². The van der Waals surface area contributed by atoms with Crippen molar-refractivity contribution >= 4 is 29.5 Å². The minimum atomic E-state index is -2.14. The summed E-state index contributed by atoms with van der Waals surface area (Å²) in [6.45, 7) is 23.0. The number of Topliss-reactive ketones (excluding diaryl/α,β-unsaturated/α-hetero) is 1. The smallest absolute Gasteiger partial charge is 0.352 e. The molecule has 0 radical (unpaired) electrons. The number of methoxy groups -OCH3 is 1. The van der Waals surface area contributed by atoms with Crippen molar-refractivity contribution in [3.05, 3.63) is 11.3 Å². The maximum atomic E-state index is 14.5. The first-order chi connectivity index (χ1) is 16.5. The zero-order valence-electron chi connectivity index (χ0n) is 24.9. The molecule has 208 valence electrons. The number of hydrogen-bond acceptors (Lipinski definition) is 8. The fraction of sp³-hybridized carbons (Fsp3) is 0.750. The molecule has 2 aliphatic heterocycles. The third-order valence-electron chi connectivity index (χ3n) is 6.49. The molecule has 1 saturated heterocycles. The van der Waals surface area contributed by atoms with Gasteiger partial charge in [0.05, 0.1) is 7.11 Å². The predicted molar refractivity (Wildman–Crippen MR) is 139 cm³/mol. The Kier molecular flexibility index (Phi) is 7.62. The summed E-state index contributed by atoms with van der Waals surface area (Å²) in [6, 6.07) is -0.596. The van der Waals surface area contributed by atoms with Crippen molar-refractivity contribution in [2.45, 2.75) is 108 Å². The third kappa shape index (κ3) is 4.48. The van der Waals surface area contributed by atoms with Crippen molar-refractivity contribution in [3.8, 4) is 0 Å². The molecule has 9 nitrogen and oxygen atoms in total. The molecule has 1 amide bonds. The zero-order valence-corrected chi connectivity index (χ0v) is 24.9. The van der Waals surface area contributed by atoms with Crippen LogP contribution in [-0.2, 0) is 33.4 Å². The first kappa shape index (κ1) is 30.5. The van der Waals surface area contributed by atoms with Gasteiger partial charge in [0.15, 0.2) is 11.4 Å². The number of carbonyl (C=O) groups excluding carboxylic acids is 4. The van der Waals surface area contributed by atoms with E-state index in [1.807, 2.05) is 27.7 Å². The molecule has 37 heavy (non-hydrogen) atoms. The van der Waals surface area contributed by atoms with E-state index in [1.54, 1.807) is 62.3 Å². The Balaban J connectivity index is 3.16. The summed E-state index contributed by atoms with van der Waals surface area (Å²) in [6.07, 6.45) is 0. The monoisotopic (exact) mass is 520 g/mol. The molecule has 0 bridgehead atoms. The molecule has 2 rings (SSSR count). The zero-order chi connectivity index (χ0) is 29.1. The maximum absolute atomic E-state index is 14.5. The number of nitrogens with zero attached hydrogens (tertiary/aromatic N) is 2. The molecule has 1 fully saturated rings. The van der Waals surface area contributed by atoms with Crippen LogP contribution in [0.15, 0.2) is 16.3 Å². The van der Waals surface area contributed by atoms with Gasteiger partial charge in [-0.1, -0.05) is 62.3 Å². The standard InChI is InChI=1S/C28H44N2O7/c1-15(2)29-22-27(21(33)25(8,9)10,23(34)30(22)16(3)4)28(26(11,12)13)36-18(24(5,6)7)17(19(31)35-14)20(32)37-28/h15-16H,1-14H3. The van der Waals surface area contributed by atoms with Gasteiger partial charge in [0.2, 0.25) is 5.41 Å².